The van der Waals surface area contributed by atoms with E-state index in [0.29, 0.717) is 11.7 Å². The molecule has 4 rings (SSSR count). The van der Waals surface area contributed by atoms with Gasteiger partial charge in [-0.1, -0.05) is 34.1 Å². The van der Waals surface area contributed by atoms with Gasteiger partial charge in [0.2, 0.25) is 0 Å². The molecule has 23 heavy (non-hydrogen) atoms. The zero-order valence-corrected chi connectivity index (χ0v) is 14.7. The number of hydrogen-bond acceptors (Lipinski definition) is 2. The molecule has 0 amide bonds. The minimum atomic E-state index is 0.288. The van der Waals surface area contributed by atoms with Crippen LogP contribution in [0.2, 0.25) is 0 Å². The summed E-state index contributed by atoms with van der Waals surface area (Å²) < 4.78 is 6.77. The molecular weight excluding hydrogens is 352 g/mol. The number of benzene rings is 2. The maximum Gasteiger partial charge on any atom is 0.115 e. The van der Waals surface area contributed by atoms with E-state index in [9.17, 15) is 5.11 Å². The molecule has 1 spiro atoms. The highest BCUT2D eigenvalue weighted by molar-refractivity contribution is 9.10. The van der Waals surface area contributed by atoms with Gasteiger partial charge in [-0.05, 0) is 72.1 Å². The minimum Gasteiger partial charge on any atom is -0.508 e. The molecule has 2 aromatic rings. The topological polar surface area (TPSA) is 29.5 Å². The van der Waals surface area contributed by atoms with Gasteiger partial charge < -0.3 is 9.84 Å². The maximum atomic E-state index is 9.86. The average molecular weight is 373 g/mol. The molecule has 3 heteroatoms. The quantitative estimate of drug-likeness (QED) is 0.760. The Morgan fingerprint density at radius 2 is 1.74 bits per heavy atom. The zero-order valence-electron chi connectivity index (χ0n) is 13.1. The summed E-state index contributed by atoms with van der Waals surface area (Å²) in [6.45, 7) is 1.72. The van der Waals surface area contributed by atoms with Crippen molar-refractivity contribution in [3.8, 4) is 5.75 Å². The van der Waals surface area contributed by atoms with Crippen molar-refractivity contribution < 1.29 is 9.84 Å². The molecule has 0 aromatic heterocycles. The van der Waals surface area contributed by atoms with Gasteiger partial charge >= 0.3 is 0 Å². The Balaban J connectivity index is 1.85. The summed E-state index contributed by atoms with van der Waals surface area (Å²) in [5.41, 5.74) is 4.35. The molecule has 1 aliphatic carbocycles. The molecule has 2 aromatic carbocycles. The number of fused-ring (bicyclic) bond motifs is 1. The van der Waals surface area contributed by atoms with E-state index in [-0.39, 0.29) is 5.41 Å². The Morgan fingerprint density at radius 1 is 1.00 bits per heavy atom. The van der Waals surface area contributed by atoms with E-state index < -0.39 is 0 Å². The van der Waals surface area contributed by atoms with Crippen molar-refractivity contribution in [2.75, 3.05) is 13.2 Å². The van der Waals surface area contributed by atoms with Crippen LogP contribution < -0.4 is 0 Å². The van der Waals surface area contributed by atoms with Crippen molar-refractivity contribution in [1.82, 2.24) is 0 Å². The molecule has 1 aliphatic heterocycles. The number of rotatable bonds is 1. The lowest BCUT2D eigenvalue weighted by atomic mass is 9.58. The number of aryl methyl sites for hydroxylation is 1. The SMILES string of the molecule is Oc1ccc2c(c1)CCC1(CCOCC1)C2c1ccc(Br)cc1. The van der Waals surface area contributed by atoms with Crippen molar-refractivity contribution in [3.63, 3.8) is 0 Å². The number of aromatic hydroxyl groups is 1. The van der Waals surface area contributed by atoms with Crippen LogP contribution in [0.5, 0.6) is 5.75 Å². The summed E-state index contributed by atoms with van der Waals surface area (Å²) in [6, 6.07) is 14.7. The van der Waals surface area contributed by atoms with Crippen LogP contribution in [0.1, 0.15) is 41.9 Å². The molecule has 0 bridgehead atoms. The number of hydrogen-bond donors (Lipinski definition) is 1. The Bertz CT molecular complexity index is 702. The number of halogens is 1. The van der Waals surface area contributed by atoms with Crippen LogP contribution in [-0.2, 0) is 11.2 Å². The van der Waals surface area contributed by atoms with Gasteiger partial charge in [0.1, 0.15) is 5.75 Å². The average Bonchev–Trinajstić information content (AvgIpc) is 2.57. The normalized spacial score (nSPS) is 22.7. The van der Waals surface area contributed by atoms with E-state index in [4.69, 9.17) is 4.74 Å². The Kier molecular flexibility index (Phi) is 3.94. The first-order chi connectivity index (χ1) is 11.2. The van der Waals surface area contributed by atoms with Crippen LogP contribution >= 0.6 is 15.9 Å². The Morgan fingerprint density at radius 3 is 2.48 bits per heavy atom. The second kappa shape index (κ2) is 5.95. The predicted octanol–water partition coefficient (Wildman–Crippen LogP) is 5.03. The second-order valence-corrected chi connectivity index (χ2v) is 7.76. The first kappa shape index (κ1) is 15.2. The minimum absolute atomic E-state index is 0.288. The van der Waals surface area contributed by atoms with Gasteiger partial charge in [-0.15, -0.1) is 0 Å². The van der Waals surface area contributed by atoms with Crippen molar-refractivity contribution >= 4 is 15.9 Å². The molecule has 1 fully saturated rings. The van der Waals surface area contributed by atoms with E-state index in [1.807, 2.05) is 12.1 Å². The Hall–Kier alpha value is -1.32. The third-order valence-corrected chi connectivity index (χ3v) is 6.16. The van der Waals surface area contributed by atoms with Gasteiger partial charge in [0.25, 0.3) is 0 Å². The van der Waals surface area contributed by atoms with Crippen LogP contribution in [0.3, 0.4) is 0 Å². The lowest BCUT2D eigenvalue weighted by molar-refractivity contribution is -0.00197. The highest BCUT2D eigenvalue weighted by Crippen LogP contribution is 2.54. The van der Waals surface area contributed by atoms with Crippen molar-refractivity contribution in [3.05, 3.63) is 63.6 Å². The van der Waals surface area contributed by atoms with Gasteiger partial charge in [-0.2, -0.15) is 0 Å². The lowest BCUT2D eigenvalue weighted by Crippen LogP contribution is -2.39. The van der Waals surface area contributed by atoms with Gasteiger partial charge in [0, 0.05) is 23.6 Å². The van der Waals surface area contributed by atoms with Crippen LogP contribution in [0.15, 0.2) is 46.9 Å². The fraction of sp³-hybridized carbons (Fsp3) is 0.400. The van der Waals surface area contributed by atoms with E-state index in [2.05, 4.69) is 46.3 Å². The molecular formula is C20H21BrO2. The molecule has 2 nitrogen and oxygen atoms in total. The van der Waals surface area contributed by atoms with E-state index in [1.54, 1.807) is 0 Å². The number of phenolic OH excluding ortho intramolecular Hbond substituents is 1. The largest absolute Gasteiger partial charge is 0.508 e. The highest BCUT2D eigenvalue weighted by Gasteiger charge is 2.44. The van der Waals surface area contributed by atoms with Crippen LogP contribution in [0.25, 0.3) is 0 Å². The van der Waals surface area contributed by atoms with Gasteiger partial charge in [-0.25, -0.2) is 0 Å². The summed E-state index contributed by atoms with van der Waals surface area (Å²) in [5.74, 6) is 0.769. The third-order valence-electron chi connectivity index (χ3n) is 5.63. The van der Waals surface area contributed by atoms with E-state index in [0.717, 1.165) is 36.9 Å². The van der Waals surface area contributed by atoms with Crippen molar-refractivity contribution in [2.45, 2.75) is 31.6 Å². The van der Waals surface area contributed by atoms with E-state index in [1.165, 1.54) is 23.1 Å². The lowest BCUT2D eigenvalue weighted by Gasteiger charge is -2.48. The fourth-order valence-corrected chi connectivity index (χ4v) is 4.72. The molecule has 1 saturated heterocycles. The van der Waals surface area contributed by atoms with Gasteiger partial charge in [-0.3, -0.25) is 0 Å². The molecule has 1 N–H and O–H groups in total. The monoisotopic (exact) mass is 372 g/mol. The molecule has 1 atom stereocenters. The summed E-state index contributed by atoms with van der Waals surface area (Å²) in [7, 11) is 0. The molecule has 0 saturated carbocycles. The predicted molar refractivity (Wildman–Crippen MR) is 94.9 cm³/mol. The number of ether oxygens (including phenoxy) is 1. The summed E-state index contributed by atoms with van der Waals surface area (Å²) in [4.78, 5) is 0. The molecule has 1 unspecified atom stereocenters. The van der Waals surface area contributed by atoms with Crippen LogP contribution in [0.4, 0.5) is 0 Å². The van der Waals surface area contributed by atoms with E-state index >= 15 is 0 Å². The molecule has 2 aliphatic rings. The van der Waals surface area contributed by atoms with Gasteiger partial charge in [0.05, 0.1) is 0 Å². The fourth-order valence-electron chi connectivity index (χ4n) is 4.45. The molecule has 0 radical (unpaired) electrons. The van der Waals surface area contributed by atoms with Gasteiger partial charge in [0.15, 0.2) is 0 Å². The zero-order chi connectivity index (χ0) is 15.9. The first-order valence-electron chi connectivity index (χ1n) is 8.33. The van der Waals surface area contributed by atoms with Crippen molar-refractivity contribution in [2.24, 2.45) is 5.41 Å². The summed E-state index contributed by atoms with van der Waals surface area (Å²) >= 11 is 3.55. The smallest absolute Gasteiger partial charge is 0.115 e. The summed E-state index contributed by atoms with van der Waals surface area (Å²) in [5, 5.41) is 9.86. The maximum absolute atomic E-state index is 9.86. The molecule has 120 valence electrons. The summed E-state index contributed by atoms with van der Waals surface area (Å²) in [6.07, 6.45) is 4.46. The van der Waals surface area contributed by atoms with Crippen LogP contribution in [-0.4, -0.2) is 18.3 Å². The van der Waals surface area contributed by atoms with Crippen molar-refractivity contribution in [1.29, 1.82) is 0 Å². The third kappa shape index (κ3) is 2.70. The highest BCUT2D eigenvalue weighted by atomic mass is 79.9. The number of phenols is 1. The Labute approximate surface area is 145 Å². The standard InChI is InChI=1S/C20H21BrO2/c21-16-3-1-14(2-4-16)19-18-6-5-17(22)13-15(18)7-8-20(19)9-11-23-12-10-20/h1-6,13,19,22H,7-12H2. The second-order valence-electron chi connectivity index (χ2n) is 6.84. The molecule has 1 heterocycles. The van der Waals surface area contributed by atoms with Crippen LogP contribution in [0, 0.1) is 5.41 Å². The first-order valence-corrected chi connectivity index (χ1v) is 9.12.